The third-order valence-corrected chi connectivity index (χ3v) is 6.43. The Labute approximate surface area is 190 Å². The lowest BCUT2D eigenvalue weighted by Gasteiger charge is -2.12. The molecule has 3 aromatic carbocycles. The number of halogens is 1. The van der Waals surface area contributed by atoms with Crippen molar-refractivity contribution in [2.24, 2.45) is 0 Å². The fourth-order valence-electron chi connectivity index (χ4n) is 2.93. The molecule has 0 aromatic heterocycles. The van der Waals surface area contributed by atoms with Crippen molar-refractivity contribution in [2.75, 3.05) is 18.5 Å². The van der Waals surface area contributed by atoms with Gasteiger partial charge in [0.1, 0.15) is 5.75 Å². The van der Waals surface area contributed by atoms with Gasteiger partial charge in [-0.2, -0.15) is 0 Å². The molecule has 162 valence electrons. The summed E-state index contributed by atoms with van der Waals surface area (Å²) >= 11 is 3.36. The van der Waals surface area contributed by atoms with E-state index in [1.54, 1.807) is 30.3 Å². The van der Waals surface area contributed by atoms with Crippen molar-refractivity contribution in [3.8, 4) is 5.75 Å². The van der Waals surface area contributed by atoms with Crippen LogP contribution >= 0.6 is 15.9 Å². The van der Waals surface area contributed by atoms with Gasteiger partial charge >= 0.3 is 0 Å². The van der Waals surface area contributed by atoms with E-state index in [4.69, 9.17) is 4.74 Å². The minimum atomic E-state index is -3.64. The van der Waals surface area contributed by atoms with Gasteiger partial charge in [0.2, 0.25) is 10.0 Å². The van der Waals surface area contributed by atoms with E-state index in [0.29, 0.717) is 36.6 Å². The number of hydrogen-bond donors (Lipinski definition) is 2. The molecule has 8 heteroatoms. The first-order chi connectivity index (χ1) is 14.9. The van der Waals surface area contributed by atoms with Gasteiger partial charge in [0, 0.05) is 16.7 Å². The number of hydrogen-bond acceptors (Lipinski definition) is 4. The second-order valence-corrected chi connectivity index (χ2v) is 9.37. The predicted octanol–water partition coefficient (Wildman–Crippen LogP) is 4.62. The number of nitrogens with one attached hydrogen (secondary N) is 2. The fourth-order valence-corrected chi connectivity index (χ4v) is 4.33. The zero-order valence-corrected chi connectivity index (χ0v) is 19.4. The number of benzene rings is 3. The van der Waals surface area contributed by atoms with Crippen LogP contribution in [0.3, 0.4) is 0 Å². The first-order valence-corrected chi connectivity index (χ1v) is 12.0. The zero-order valence-electron chi connectivity index (χ0n) is 17.0. The standard InChI is InChI=1S/C23H23BrN2O4S/c1-2-30-22-13-8-18(24)16-21(22)23(27)26-19-9-11-20(12-10-19)31(28,29)25-15-14-17-6-4-3-5-7-17/h3-13,16,25H,2,14-15H2,1H3,(H,26,27). The molecular weight excluding hydrogens is 480 g/mol. The molecular formula is C23H23BrN2O4S. The highest BCUT2D eigenvalue weighted by Crippen LogP contribution is 2.25. The third-order valence-electron chi connectivity index (χ3n) is 4.46. The van der Waals surface area contributed by atoms with Crippen LogP contribution < -0.4 is 14.8 Å². The Balaban J connectivity index is 1.64. The molecule has 0 saturated heterocycles. The van der Waals surface area contributed by atoms with Crippen LogP contribution in [0.1, 0.15) is 22.8 Å². The Bertz CT molecular complexity index is 1130. The molecule has 0 unspecified atom stereocenters. The first kappa shape index (κ1) is 23.0. The maximum atomic E-state index is 12.7. The Kier molecular flexibility index (Phi) is 7.84. The third kappa shape index (κ3) is 6.40. The van der Waals surface area contributed by atoms with Crippen molar-refractivity contribution >= 4 is 37.5 Å². The molecule has 0 aliphatic heterocycles. The summed E-state index contributed by atoms with van der Waals surface area (Å²) in [5, 5.41) is 2.77. The van der Waals surface area contributed by atoms with Gasteiger partial charge < -0.3 is 10.1 Å². The van der Waals surface area contributed by atoms with Crippen molar-refractivity contribution in [3.63, 3.8) is 0 Å². The largest absolute Gasteiger partial charge is 0.493 e. The molecule has 0 bridgehead atoms. The smallest absolute Gasteiger partial charge is 0.259 e. The lowest BCUT2D eigenvalue weighted by atomic mass is 10.2. The van der Waals surface area contributed by atoms with E-state index >= 15 is 0 Å². The van der Waals surface area contributed by atoms with E-state index < -0.39 is 10.0 Å². The van der Waals surface area contributed by atoms with E-state index in [1.165, 1.54) is 12.1 Å². The van der Waals surface area contributed by atoms with Gasteiger partial charge in [-0.25, -0.2) is 13.1 Å². The molecule has 0 radical (unpaired) electrons. The molecule has 0 aliphatic carbocycles. The summed E-state index contributed by atoms with van der Waals surface area (Å²) in [6, 6.07) is 20.9. The summed E-state index contributed by atoms with van der Waals surface area (Å²) in [5.41, 5.74) is 1.92. The average molecular weight is 503 g/mol. The molecule has 0 fully saturated rings. The van der Waals surface area contributed by atoms with Gasteiger partial charge in [-0.15, -0.1) is 0 Å². The zero-order chi connectivity index (χ0) is 22.3. The van der Waals surface area contributed by atoms with E-state index in [9.17, 15) is 13.2 Å². The molecule has 0 aliphatic rings. The summed E-state index contributed by atoms with van der Waals surface area (Å²) in [5.74, 6) is 0.131. The summed E-state index contributed by atoms with van der Waals surface area (Å²) in [6.45, 7) is 2.58. The van der Waals surface area contributed by atoms with Gasteiger partial charge in [-0.1, -0.05) is 46.3 Å². The van der Waals surface area contributed by atoms with E-state index in [1.807, 2.05) is 37.3 Å². The molecule has 3 aromatic rings. The summed E-state index contributed by atoms with van der Waals surface area (Å²) in [6.07, 6.45) is 0.600. The number of amides is 1. The number of anilines is 1. The lowest BCUT2D eigenvalue weighted by molar-refractivity contribution is 0.102. The van der Waals surface area contributed by atoms with E-state index in [2.05, 4.69) is 26.0 Å². The molecule has 6 nitrogen and oxygen atoms in total. The molecule has 2 N–H and O–H groups in total. The predicted molar refractivity (Wildman–Crippen MR) is 125 cm³/mol. The van der Waals surface area contributed by atoms with Crippen LogP contribution in [-0.4, -0.2) is 27.5 Å². The van der Waals surface area contributed by atoms with Crippen molar-refractivity contribution in [3.05, 3.63) is 88.4 Å². The molecule has 31 heavy (non-hydrogen) atoms. The monoisotopic (exact) mass is 502 g/mol. The molecule has 0 atom stereocenters. The highest BCUT2D eigenvalue weighted by molar-refractivity contribution is 9.10. The number of sulfonamides is 1. The first-order valence-electron chi connectivity index (χ1n) is 9.76. The topological polar surface area (TPSA) is 84.5 Å². The maximum absolute atomic E-state index is 12.7. The molecule has 1 amide bonds. The van der Waals surface area contributed by atoms with E-state index in [0.717, 1.165) is 10.0 Å². The highest BCUT2D eigenvalue weighted by Gasteiger charge is 2.16. The van der Waals surface area contributed by atoms with Crippen molar-refractivity contribution < 1.29 is 17.9 Å². The normalized spacial score (nSPS) is 11.2. The summed E-state index contributed by atoms with van der Waals surface area (Å²) in [7, 11) is -3.64. The highest BCUT2D eigenvalue weighted by atomic mass is 79.9. The second kappa shape index (κ2) is 10.6. The van der Waals surface area contributed by atoms with Crippen LogP contribution in [0, 0.1) is 0 Å². The van der Waals surface area contributed by atoms with Crippen LogP contribution in [0.15, 0.2) is 82.2 Å². The maximum Gasteiger partial charge on any atom is 0.259 e. The summed E-state index contributed by atoms with van der Waals surface area (Å²) in [4.78, 5) is 12.8. The van der Waals surface area contributed by atoms with Gasteiger partial charge in [-0.3, -0.25) is 4.79 Å². The van der Waals surface area contributed by atoms with Crippen LogP contribution in [0.2, 0.25) is 0 Å². The van der Waals surface area contributed by atoms with Gasteiger partial charge in [-0.05, 0) is 61.4 Å². The fraction of sp³-hybridized carbons (Fsp3) is 0.174. The number of carbonyl (C=O) groups excluding carboxylic acids is 1. The molecule has 0 saturated carbocycles. The molecule has 0 spiro atoms. The summed E-state index contributed by atoms with van der Waals surface area (Å²) < 4.78 is 33.9. The minimum Gasteiger partial charge on any atom is -0.493 e. The average Bonchev–Trinajstić information content (AvgIpc) is 2.76. The van der Waals surface area contributed by atoms with Crippen molar-refractivity contribution in [1.29, 1.82) is 0 Å². The van der Waals surface area contributed by atoms with E-state index in [-0.39, 0.29) is 10.8 Å². The minimum absolute atomic E-state index is 0.135. The Morgan fingerprint density at radius 3 is 2.39 bits per heavy atom. The Morgan fingerprint density at radius 1 is 1.00 bits per heavy atom. The number of ether oxygens (including phenoxy) is 1. The number of rotatable bonds is 9. The van der Waals surface area contributed by atoms with Crippen LogP contribution in [-0.2, 0) is 16.4 Å². The quantitative estimate of drug-likeness (QED) is 0.447. The number of carbonyl (C=O) groups is 1. The van der Waals surface area contributed by atoms with Crippen molar-refractivity contribution in [1.82, 2.24) is 4.72 Å². The SMILES string of the molecule is CCOc1ccc(Br)cc1C(=O)Nc1ccc(S(=O)(=O)NCCc2ccccc2)cc1. The van der Waals surface area contributed by atoms with Crippen LogP contribution in [0.25, 0.3) is 0 Å². The Morgan fingerprint density at radius 2 is 1.71 bits per heavy atom. The van der Waals surface area contributed by atoms with Gasteiger partial charge in [0.25, 0.3) is 5.91 Å². The van der Waals surface area contributed by atoms with Crippen molar-refractivity contribution in [2.45, 2.75) is 18.2 Å². The van der Waals surface area contributed by atoms with Gasteiger partial charge in [0.15, 0.2) is 0 Å². The lowest BCUT2D eigenvalue weighted by Crippen LogP contribution is -2.26. The second-order valence-electron chi connectivity index (χ2n) is 6.69. The Hall–Kier alpha value is -2.68. The molecule has 0 heterocycles. The van der Waals surface area contributed by atoms with Gasteiger partial charge in [0.05, 0.1) is 17.1 Å². The molecule has 3 rings (SSSR count). The van der Waals surface area contributed by atoms with Crippen LogP contribution in [0.5, 0.6) is 5.75 Å². The van der Waals surface area contributed by atoms with Crippen LogP contribution in [0.4, 0.5) is 5.69 Å².